The molecule has 0 amide bonds. The predicted molar refractivity (Wildman–Crippen MR) is 77.2 cm³/mol. The second-order valence-electron chi connectivity index (χ2n) is 3.99. The quantitative estimate of drug-likeness (QED) is 0.365. The molecule has 0 spiro atoms. The van der Waals surface area contributed by atoms with Crippen LogP contribution < -0.4 is 0 Å². The van der Waals surface area contributed by atoms with Crippen molar-refractivity contribution < 1.29 is 9.59 Å². The Morgan fingerprint density at radius 2 is 1.32 bits per heavy atom. The molecule has 0 radical (unpaired) electrons. The minimum Gasteiger partial charge on any atom is -0.294 e. The van der Waals surface area contributed by atoms with Crippen molar-refractivity contribution in [3.63, 3.8) is 0 Å². The maximum atomic E-state index is 11.1. The summed E-state index contributed by atoms with van der Waals surface area (Å²) in [5.74, 6) is -0.506. The van der Waals surface area contributed by atoms with Crippen LogP contribution in [0.4, 0.5) is 0 Å². The summed E-state index contributed by atoms with van der Waals surface area (Å²) in [6.45, 7) is 0. The predicted octanol–water partition coefficient (Wildman–Crippen LogP) is 3.89. The van der Waals surface area contributed by atoms with Crippen LogP contribution >= 0.6 is 11.6 Å². The molecule has 3 heteroatoms. The van der Waals surface area contributed by atoms with E-state index in [1.807, 2.05) is 36.4 Å². The number of halogens is 1. The fourth-order valence-electron chi connectivity index (χ4n) is 1.59. The van der Waals surface area contributed by atoms with E-state index in [-0.39, 0.29) is 0 Å². The highest BCUT2D eigenvalue weighted by atomic mass is 35.5. The monoisotopic (exact) mass is 270 g/mol. The molecular formula is C16H11ClO2. The lowest BCUT2D eigenvalue weighted by atomic mass is 10.1. The first-order valence-corrected chi connectivity index (χ1v) is 6.10. The third kappa shape index (κ3) is 3.63. The van der Waals surface area contributed by atoms with Crippen molar-refractivity contribution >= 4 is 35.8 Å². The third-order valence-corrected chi connectivity index (χ3v) is 2.89. The molecule has 2 aromatic carbocycles. The third-order valence-electron chi connectivity index (χ3n) is 2.64. The first-order valence-electron chi connectivity index (χ1n) is 5.72. The van der Waals surface area contributed by atoms with E-state index in [0.717, 1.165) is 11.1 Å². The number of rotatable bonds is 4. The van der Waals surface area contributed by atoms with Crippen LogP contribution in [-0.2, 0) is 4.79 Å². The number of hydrogen-bond acceptors (Lipinski definition) is 2. The number of carbonyl (C=O) groups excluding carboxylic acids is 2. The van der Waals surface area contributed by atoms with Crippen molar-refractivity contribution in [1.82, 2.24) is 0 Å². The molecule has 0 atom stereocenters. The van der Waals surface area contributed by atoms with Gasteiger partial charge >= 0.3 is 0 Å². The second-order valence-corrected chi connectivity index (χ2v) is 4.43. The lowest BCUT2D eigenvalue weighted by Gasteiger charge is -1.97. The van der Waals surface area contributed by atoms with E-state index in [1.165, 1.54) is 0 Å². The highest BCUT2D eigenvalue weighted by Gasteiger charge is 2.01. The summed E-state index contributed by atoms with van der Waals surface area (Å²) in [6.07, 6.45) is 4.20. The number of hydrogen-bond donors (Lipinski definition) is 0. The summed E-state index contributed by atoms with van der Waals surface area (Å²) in [4.78, 5) is 21.5. The van der Waals surface area contributed by atoms with E-state index >= 15 is 0 Å². The van der Waals surface area contributed by atoms with Gasteiger partial charge in [-0.15, -0.1) is 0 Å². The van der Waals surface area contributed by atoms with Crippen LogP contribution in [0.2, 0.25) is 5.02 Å². The Bertz CT molecular complexity index is 610. The number of aldehydes is 1. The highest BCUT2D eigenvalue weighted by Crippen LogP contribution is 2.13. The van der Waals surface area contributed by atoms with E-state index in [2.05, 4.69) is 0 Å². The van der Waals surface area contributed by atoms with Crippen LogP contribution in [0.5, 0.6) is 0 Å². The van der Waals surface area contributed by atoms with Gasteiger partial charge in [0.1, 0.15) is 0 Å². The first-order chi connectivity index (χ1) is 9.19. The molecular weight excluding hydrogens is 260 g/mol. The van der Waals surface area contributed by atoms with Gasteiger partial charge in [0.15, 0.2) is 6.29 Å². The minimum absolute atomic E-state index is 0.318. The fraction of sp³-hybridized carbons (Fsp3) is 0. The number of Topliss-reactive ketones (excluding diaryl/α,β-unsaturated/α-hetero) is 1. The van der Waals surface area contributed by atoms with Crippen molar-refractivity contribution in [3.8, 4) is 0 Å². The summed E-state index contributed by atoms with van der Waals surface area (Å²) in [5.41, 5.74) is 2.40. The van der Waals surface area contributed by atoms with Gasteiger partial charge in [-0.1, -0.05) is 60.2 Å². The van der Waals surface area contributed by atoms with Crippen LogP contribution in [0, 0.1) is 0 Å². The van der Waals surface area contributed by atoms with Crippen LogP contribution in [0.15, 0.2) is 48.5 Å². The largest absolute Gasteiger partial charge is 0.294 e. The van der Waals surface area contributed by atoms with Crippen molar-refractivity contribution in [2.24, 2.45) is 0 Å². The van der Waals surface area contributed by atoms with Gasteiger partial charge in [0.25, 0.3) is 0 Å². The molecule has 0 saturated carbocycles. The Kier molecular flexibility index (Phi) is 4.26. The Morgan fingerprint density at radius 1 is 0.842 bits per heavy atom. The SMILES string of the molecule is O=CC(=O)c1ccc(C=Cc2ccc(Cl)cc2)cc1. The molecule has 0 saturated heterocycles. The lowest BCUT2D eigenvalue weighted by Crippen LogP contribution is -1.98. The number of carbonyl (C=O) groups is 2. The van der Waals surface area contributed by atoms with E-state index in [1.54, 1.807) is 24.3 Å². The summed E-state index contributed by atoms with van der Waals surface area (Å²) in [7, 11) is 0. The van der Waals surface area contributed by atoms with Gasteiger partial charge in [0.05, 0.1) is 0 Å². The zero-order valence-electron chi connectivity index (χ0n) is 10.0. The molecule has 2 aromatic rings. The summed E-state index contributed by atoms with van der Waals surface area (Å²) in [6, 6.07) is 14.4. The molecule has 0 bridgehead atoms. The van der Waals surface area contributed by atoms with E-state index in [0.29, 0.717) is 16.9 Å². The highest BCUT2D eigenvalue weighted by molar-refractivity contribution is 6.33. The zero-order chi connectivity index (χ0) is 13.7. The minimum atomic E-state index is -0.506. The Morgan fingerprint density at radius 3 is 1.79 bits per heavy atom. The molecule has 94 valence electrons. The molecule has 2 rings (SSSR count). The molecule has 0 aromatic heterocycles. The maximum Gasteiger partial charge on any atom is 0.225 e. The molecule has 0 N–H and O–H groups in total. The topological polar surface area (TPSA) is 34.1 Å². The van der Waals surface area contributed by atoms with E-state index in [4.69, 9.17) is 11.6 Å². The summed E-state index contributed by atoms with van der Waals surface area (Å²) >= 11 is 5.81. The lowest BCUT2D eigenvalue weighted by molar-refractivity contribution is -0.104. The van der Waals surface area contributed by atoms with Crippen molar-refractivity contribution in [3.05, 3.63) is 70.2 Å². The smallest absolute Gasteiger partial charge is 0.225 e. The van der Waals surface area contributed by atoms with Gasteiger partial charge in [-0.05, 0) is 23.3 Å². The molecule has 19 heavy (non-hydrogen) atoms. The molecule has 2 nitrogen and oxygen atoms in total. The van der Waals surface area contributed by atoms with Gasteiger partial charge in [0.2, 0.25) is 5.78 Å². The van der Waals surface area contributed by atoms with Crippen molar-refractivity contribution in [1.29, 1.82) is 0 Å². The normalized spacial score (nSPS) is 10.6. The molecule has 0 fully saturated rings. The zero-order valence-corrected chi connectivity index (χ0v) is 10.8. The standard InChI is InChI=1S/C16H11ClO2/c17-15-9-5-13(6-10-15)2-1-12-3-7-14(8-4-12)16(19)11-18/h1-11H. The maximum absolute atomic E-state index is 11.1. The van der Waals surface area contributed by atoms with Crippen molar-refractivity contribution in [2.75, 3.05) is 0 Å². The molecule has 0 aliphatic carbocycles. The second kappa shape index (κ2) is 6.12. The van der Waals surface area contributed by atoms with Crippen LogP contribution in [0.3, 0.4) is 0 Å². The van der Waals surface area contributed by atoms with Gasteiger partial charge in [-0.3, -0.25) is 9.59 Å². The summed E-state index contributed by atoms with van der Waals surface area (Å²) in [5, 5.41) is 0.703. The molecule has 0 aliphatic heterocycles. The van der Waals surface area contributed by atoms with Gasteiger partial charge < -0.3 is 0 Å². The average Bonchev–Trinajstić information content (AvgIpc) is 2.46. The van der Waals surface area contributed by atoms with Gasteiger partial charge in [0, 0.05) is 10.6 Å². The number of ketones is 1. The molecule has 0 aliphatic rings. The Balaban J connectivity index is 2.13. The van der Waals surface area contributed by atoms with Gasteiger partial charge in [-0.2, -0.15) is 0 Å². The molecule has 0 heterocycles. The van der Waals surface area contributed by atoms with E-state index in [9.17, 15) is 9.59 Å². The van der Waals surface area contributed by atoms with Crippen LogP contribution in [-0.4, -0.2) is 12.1 Å². The van der Waals surface area contributed by atoms with E-state index < -0.39 is 5.78 Å². The molecule has 0 unspecified atom stereocenters. The number of benzene rings is 2. The van der Waals surface area contributed by atoms with Crippen molar-refractivity contribution in [2.45, 2.75) is 0 Å². The summed E-state index contributed by atoms with van der Waals surface area (Å²) < 4.78 is 0. The van der Waals surface area contributed by atoms with Gasteiger partial charge in [-0.25, -0.2) is 0 Å². The average molecular weight is 271 g/mol. The van der Waals surface area contributed by atoms with Crippen LogP contribution in [0.1, 0.15) is 21.5 Å². The fourth-order valence-corrected chi connectivity index (χ4v) is 1.72. The Labute approximate surface area is 116 Å². The first kappa shape index (κ1) is 13.2. The Hall–Kier alpha value is -2.19. The van der Waals surface area contributed by atoms with Crippen LogP contribution in [0.25, 0.3) is 12.2 Å².